The van der Waals surface area contributed by atoms with Gasteiger partial charge in [0.25, 0.3) is 0 Å². The zero-order chi connectivity index (χ0) is 22.9. The molecule has 2 aliphatic heterocycles. The van der Waals surface area contributed by atoms with E-state index in [4.69, 9.17) is 28.4 Å². The Morgan fingerprint density at radius 3 is 2.44 bits per heavy atom. The second-order valence-electron chi connectivity index (χ2n) is 8.34. The van der Waals surface area contributed by atoms with E-state index in [0.717, 1.165) is 56.2 Å². The number of hydrogen-bond donors (Lipinski definition) is 1. The number of methoxy groups -OCH3 is 4. The molecule has 0 aromatic heterocycles. The summed E-state index contributed by atoms with van der Waals surface area (Å²) in [4.78, 5) is 0. The fourth-order valence-electron chi connectivity index (χ4n) is 4.67. The Kier molecular flexibility index (Phi) is 9.87. The summed E-state index contributed by atoms with van der Waals surface area (Å²) < 4.78 is 34.8. The van der Waals surface area contributed by atoms with E-state index in [0.29, 0.717) is 43.1 Å². The van der Waals surface area contributed by atoms with Crippen molar-refractivity contribution in [1.82, 2.24) is 10.4 Å². The molecule has 1 aromatic rings. The summed E-state index contributed by atoms with van der Waals surface area (Å²) >= 11 is 0. The van der Waals surface area contributed by atoms with Crippen molar-refractivity contribution in [3.63, 3.8) is 0 Å². The van der Waals surface area contributed by atoms with Crippen LogP contribution in [0.2, 0.25) is 0 Å². The third-order valence-corrected chi connectivity index (χ3v) is 6.23. The van der Waals surface area contributed by atoms with Crippen molar-refractivity contribution in [2.24, 2.45) is 0 Å². The number of rotatable bonds is 12. The first-order valence-corrected chi connectivity index (χ1v) is 11.8. The van der Waals surface area contributed by atoms with Crippen LogP contribution in [0.3, 0.4) is 0 Å². The summed E-state index contributed by atoms with van der Waals surface area (Å²) in [6, 6.07) is 2.33. The van der Waals surface area contributed by atoms with Crippen molar-refractivity contribution in [3.8, 4) is 17.2 Å². The van der Waals surface area contributed by atoms with Crippen molar-refractivity contribution < 1.29 is 28.4 Å². The number of ether oxygens (including phenoxy) is 6. The minimum atomic E-state index is -0.466. The van der Waals surface area contributed by atoms with Crippen LogP contribution in [0.1, 0.15) is 68.9 Å². The molecule has 182 valence electrons. The number of nitrogens with zero attached hydrogens (tertiary/aromatic N) is 1. The van der Waals surface area contributed by atoms with Crippen LogP contribution in [0.4, 0.5) is 0 Å². The van der Waals surface area contributed by atoms with Crippen molar-refractivity contribution in [1.29, 1.82) is 0 Å². The third kappa shape index (κ3) is 5.66. The van der Waals surface area contributed by atoms with E-state index >= 15 is 0 Å². The predicted octanol–water partition coefficient (Wildman–Crippen LogP) is 3.99. The van der Waals surface area contributed by atoms with Gasteiger partial charge in [-0.3, -0.25) is 0 Å². The molecule has 0 unspecified atom stereocenters. The SMILES string of the molecule is CCCC[C@@H](NN1CCC[C@H]1COC)c1c(C2OCCCO2)cc(OC)c(OC)c1OC. The molecule has 2 aliphatic rings. The van der Waals surface area contributed by atoms with E-state index in [1.807, 2.05) is 6.07 Å². The maximum Gasteiger partial charge on any atom is 0.203 e. The monoisotopic (exact) mass is 452 g/mol. The molecule has 0 aliphatic carbocycles. The number of hydrazine groups is 1. The van der Waals surface area contributed by atoms with Gasteiger partial charge in [-0.05, 0) is 31.7 Å². The van der Waals surface area contributed by atoms with Gasteiger partial charge in [0.15, 0.2) is 17.8 Å². The first-order chi connectivity index (χ1) is 15.7. The summed E-state index contributed by atoms with van der Waals surface area (Å²) in [5.41, 5.74) is 5.74. The summed E-state index contributed by atoms with van der Waals surface area (Å²) in [7, 11) is 6.71. The molecule has 0 amide bonds. The van der Waals surface area contributed by atoms with Crippen LogP contribution in [0.5, 0.6) is 17.2 Å². The molecule has 0 saturated carbocycles. The van der Waals surface area contributed by atoms with Gasteiger partial charge in [-0.25, -0.2) is 10.4 Å². The van der Waals surface area contributed by atoms with E-state index in [1.54, 1.807) is 28.4 Å². The third-order valence-electron chi connectivity index (χ3n) is 6.23. The molecule has 8 heteroatoms. The van der Waals surface area contributed by atoms with Crippen molar-refractivity contribution >= 4 is 0 Å². The maximum absolute atomic E-state index is 6.03. The van der Waals surface area contributed by atoms with Crippen LogP contribution < -0.4 is 19.6 Å². The molecular formula is C24H40N2O6. The summed E-state index contributed by atoms with van der Waals surface area (Å²) in [5, 5.41) is 2.33. The Labute approximate surface area is 192 Å². The van der Waals surface area contributed by atoms with Crippen LogP contribution in [0, 0.1) is 0 Å². The molecule has 0 radical (unpaired) electrons. The molecular weight excluding hydrogens is 412 g/mol. The van der Waals surface area contributed by atoms with E-state index in [1.165, 1.54) is 0 Å². The smallest absolute Gasteiger partial charge is 0.203 e. The van der Waals surface area contributed by atoms with E-state index in [-0.39, 0.29) is 6.04 Å². The summed E-state index contributed by atoms with van der Waals surface area (Å²) in [6.07, 6.45) is 5.80. The van der Waals surface area contributed by atoms with E-state index in [2.05, 4.69) is 17.4 Å². The van der Waals surface area contributed by atoms with Crippen LogP contribution in [0.25, 0.3) is 0 Å². The fourth-order valence-corrected chi connectivity index (χ4v) is 4.67. The zero-order valence-electron chi connectivity index (χ0n) is 20.3. The van der Waals surface area contributed by atoms with E-state index in [9.17, 15) is 0 Å². The quantitative estimate of drug-likeness (QED) is 0.510. The van der Waals surface area contributed by atoms with Crippen LogP contribution in [-0.4, -0.2) is 65.9 Å². The lowest BCUT2D eigenvalue weighted by atomic mass is 9.93. The molecule has 2 fully saturated rings. The highest BCUT2D eigenvalue weighted by atomic mass is 16.7. The Morgan fingerprint density at radius 2 is 1.81 bits per heavy atom. The topological polar surface area (TPSA) is 70.7 Å². The number of unbranched alkanes of at least 4 members (excludes halogenated alkanes) is 1. The van der Waals surface area contributed by atoms with Gasteiger partial charge in [-0.15, -0.1) is 0 Å². The molecule has 1 N–H and O–H groups in total. The van der Waals surface area contributed by atoms with Gasteiger partial charge in [-0.1, -0.05) is 19.8 Å². The van der Waals surface area contributed by atoms with Gasteiger partial charge in [0.05, 0.1) is 47.2 Å². The van der Waals surface area contributed by atoms with Gasteiger partial charge < -0.3 is 28.4 Å². The first-order valence-electron chi connectivity index (χ1n) is 11.8. The Bertz CT molecular complexity index is 710. The highest BCUT2D eigenvalue weighted by Crippen LogP contribution is 2.48. The fraction of sp³-hybridized carbons (Fsp3) is 0.750. The zero-order valence-corrected chi connectivity index (χ0v) is 20.3. The van der Waals surface area contributed by atoms with Gasteiger partial charge in [0, 0.05) is 30.8 Å². The molecule has 2 saturated heterocycles. The van der Waals surface area contributed by atoms with Crippen LogP contribution in [0.15, 0.2) is 6.07 Å². The summed E-state index contributed by atoms with van der Waals surface area (Å²) in [5.74, 6) is 1.85. The minimum absolute atomic E-state index is 0.00582. The Balaban J connectivity index is 2.07. The van der Waals surface area contributed by atoms with Crippen molar-refractivity contribution in [3.05, 3.63) is 17.2 Å². The Hall–Kier alpha value is -1.58. The second kappa shape index (κ2) is 12.6. The van der Waals surface area contributed by atoms with E-state index < -0.39 is 6.29 Å². The van der Waals surface area contributed by atoms with Crippen LogP contribution >= 0.6 is 0 Å². The average Bonchev–Trinajstić information content (AvgIpc) is 3.27. The highest BCUT2D eigenvalue weighted by Gasteiger charge is 2.34. The molecule has 0 spiro atoms. The number of benzene rings is 1. The minimum Gasteiger partial charge on any atom is -0.493 e. The lowest BCUT2D eigenvalue weighted by Crippen LogP contribution is -2.45. The molecule has 2 atom stereocenters. The predicted molar refractivity (Wildman–Crippen MR) is 122 cm³/mol. The lowest BCUT2D eigenvalue weighted by Gasteiger charge is -2.34. The summed E-state index contributed by atoms with van der Waals surface area (Å²) in [6.45, 7) is 5.22. The largest absolute Gasteiger partial charge is 0.493 e. The Morgan fingerprint density at radius 1 is 1.06 bits per heavy atom. The molecule has 1 aromatic carbocycles. The number of hydrogen-bond acceptors (Lipinski definition) is 8. The average molecular weight is 453 g/mol. The highest BCUT2D eigenvalue weighted by molar-refractivity contribution is 5.60. The van der Waals surface area contributed by atoms with Gasteiger partial charge in [-0.2, -0.15) is 0 Å². The lowest BCUT2D eigenvalue weighted by molar-refractivity contribution is -0.183. The molecule has 8 nitrogen and oxygen atoms in total. The first kappa shape index (κ1) is 25.1. The van der Waals surface area contributed by atoms with Crippen LogP contribution in [-0.2, 0) is 14.2 Å². The second-order valence-corrected chi connectivity index (χ2v) is 8.34. The van der Waals surface area contributed by atoms with Crippen molar-refractivity contribution in [2.75, 3.05) is 54.8 Å². The normalized spacial score (nSPS) is 21.0. The molecule has 32 heavy (non-hydrogen) atoms. The molecule has 3 rings (SSSR count). The van der Waals surface area contributed by atoms with Gasteiger partial charge in [0.1, 0.15) is 0 Å². The molecule has 0 bridgehead atoms. The molecule has 2 heterocycles. The van der Waals surface area contributed by atoms with Crippen molar-refractivity contribution in [2.45, 2.75) is 63.8 Å². The standard InChI is InChI=1S/C24H40N2O6/c1-6-7-11-19(25-26-12-8-10-17(26)16-27-2)21-18(24-31-13-9-14-32-24)15-20(28-3)22(29-4)23(21)30-5/h15,17,19,24-25H,6-14,16H2,1-5H3/t17-,19+/m0/s1. The van der Waals surface area contributed by atoms with Gasteiger partial charge >= 0.3 is 0 Å². The number of nitrogens with one attached hydrogen (secondary N) is 1. The maximum atomic E-state index is 6.03. The van der Waals surface area contributed by atoms with Gasteiger partial charge in [0.2, 0.25) is 5.75 Å².